The van der Waals surface area contributed by atoms with Gasteiger partial charge in [0.2, 0.25) is 5.88 Å². The molecule has 1 aliphatic carbocycles. The first-order chi connectivity index (χ1) is 14.3. The number of rotatable bonds is 5. The van der Waals surface area contributed by atoms with Gasteiger partial charge in [-0.3, -0.25) is 9.48 Å². The molecule has 0 spiro atoms. The van der Waals surface area contributed by atoms with E-state index in [1.807, 2.05) is 18.7 Å². The van der Waals surface area contributed by atoms with Crippen molar-refractivity contribution in [3.05, 3.63) is 40.4 Å². The summed E-state index contributed by atoms with van der Waals surface area (Å²) in [6.07, 6.45) is 2.93. The monoisotopic (exact) mass is 508 g/mol. The highest BCUT2D eigenvalue weighted by atomic mass is 79.9. The van der Waals surface area contributed by atoms with Crippen molar-refractivity contribution in [3.8, 4) is 5.88 Å². The molecular weight excluding hydrogens is 480 g/mol. The Bertz CT molecular complexity index is 1070. The van der Waals surface area contributed by atoms with Crippen molar-refractivity contribution >= 4 is 52.0 Å². The van der Waals surface area contributed by atoms with E-state index in [4.69, 9.17) is 14.9 Å². The predicted molar refractivity (Wildman–Crippen MR) is 128 cm³/mol. The van der Waals surface area contributed by atoms with Crippen LogP contribution in [0.3, 0.4) is 0 Å². The van der Waals surface area contributed by atoms with Crippen molar-refractivity contribution in [2.24, 2.45) is 12.5 Å². The molecule has 9 heteroatoms. The van der Waals surface area contributed by atoms with Gasteiger partial charge in [0.1, 0.15) is 0 Å². The molecular formula is C22H29BrN2O5Si. The summed E-state index contributed by atoms with van der Waals surface area (Å²) in [4.78, 5) is 21.6. The first-order valence-corrected chi connectivity index (χ1v) is 14.2. The van der Waals surface area contributed by atoms with Crippen molar-refractivity contribution in [2.45, 2.75) is 39.9 Å². The van der Waals surface area contributed by atoms with Crippen LogP contribution >= 0.6 is 15.9 Å². The Morgan fingerprint density at radius 2 is 1.94 bits per heavy atom. The molecule has 0 aliphatic heterocycles. The minimum Gasteiger partial charge on any atom is -0.481 e. The number of halogens is 1. The van der Waals surface area contributed by atoms with E-state index in [0.29, 0.717) is 11.1 Å². The lowest BCUT2D eigenvalue weighted by molar-refractivity contribution is -0.145. The predicted octanol–water partition coefficient (Wildman–Crippen LogP) is 4.29. The maximum absolute atomic E-state index is 10.9. The minimum absolute atomic E-state index is 0.00671. The Labute approximate surface area is 191 Å². The molecule has 3 rings (SSSR count). The number of aromatic nitrogens is 2. The summed E-state index contributed by atoms with van der Waals surface area (Å²) in [5, 5.41) is 24.8. The molecule has 2 aromatic rings. The maximum atomic E-state index is 10.9. The molecule has 1 aromatic heterocycles. The molecule has 31 heavy (non-hydrogen) atoms. The van der Waals surface area contributed by atoms with Crippen molar-refractivity contribution in [3.63, 3.8) is 0 Å². The zero-order chi connectivity index (χ0) is 23.6. The number of fused-ring (bicyclic) bond motifs is 1. The smallest absolute Gasteiger partial charge is 0.331 e. The molecule has 0 bridgehead atoms. The quantitative estimate of drug-likeness (QED) is 0.584. The van der Waals surface area contributed by atoms with Gasteiger partial charge in [-0.1, -0.05) is 53.8 Å². The van der Waals surface area contributed by atoms with Crippen LogP contribution in [0.5, 0.6) is 5.88 Å². The molecule has 0 amide bonds. The summed E-state index contributed by atoms with van der Waals surface area (Å²) >= 11 is 3.10. The second kappa shape index (κ2) is 9.40. The first kappa shape index (κ1) is 24.9. The highest BCUT2D eigenvalue weighted by Gasteiger charge is 2.36. The zero-order valence-electron chi connectivity index (χ0n) is 18.7. The van der Waals surface area contributed by atoms with Crippen LogP contribution in [0, 0.1) is 5.41 Å². The van der Waals surface area contributed by atoms with E-state index in [-0.39, 0.29) is 12.0 Å². The number of hydrogen-bond acceptors (Lipinski definition) is 4. The minimum atomic E-state index is -1.38. The van der Waals surface area contributed by atoms with Gasteiger partial charge in [-0.15, -0.1) is 5.10 Å². The molecule has 1 atom stereocenters. The largest absolute Gasteiger partial charge is 0.481 e. The van der Waals surface area contributed by atoms with E-state index in [2.05, 4.69) is 58.9 Å². The number of aliphatic carboxylic acids is 2. The number of carboxylic acid groups (broad SMARTS) is 2. The highest BCUT2D eigenvalue weighted by Crippen LogP contribution is 2.36. The third kappa shape index (κ3) is 5.65. The van der Waals surface area contributed by atoms with Gasteiger partial charge in [-0.25, -0.2) is 4.79 Å². The topological polar surface area (TPSA) is 102 Å². The standard InChI is InChI=1S/C13H20N2OSi.C9H9BrO4/c1-6-16-13-12-10(15(2)14-13)8-7-9-11(12)17(3,4)5;1-9(8(13)14)3-5(7(11)12)2-6(10)4-9/h7-9H,6H2,1-5H3;2,4H,3H2,1H3,(H,11,12)(H,13,14). The molecule has 0 saturated carbocycles. The van der Waals surface area contributed by atoms with Gasteiger partial charge in [-0.05, 0) is 37.6 Å². The van der Waals surface area contributed by atoms with Crippen LogP contribution in [-0.2, 0) is 16.6 Å². The fourth-order valence-corrected chi connectivity index (χ4v) is 5.79. The number of carbonyl (C=O) groups is 2. The number of nitrogens with zero attached hydrogens (tertiary/aromatic N) is 2. The Hall–Kier alpha value is -2.39. The van der Waals surface area contributed by atoms with Gasteiger partial charge >= 0.3 is 11.9 Å². The molecule has 1 unspecified atom stereocenters. The summed E-state index contributed by atoms with van der Waals surface area (Å²) in [6, 6.07) is 6.45. The normalized spacial score (nSPS) is 18.5. The Morgan fingerprint density at radius 1 is 1.29 bits per heavy atom. The fraction of sp³-hybridized carbons (Fsp3) is 0.409. The average Bonchev–Trinajstić information content (AvgIpc) is 2.97. The third-order valence-electron chi connectivity index (χ3n) is 5.02. The summed E-state index contributed by atoms with van der Waals surface area (Å²) in [7, 11) is 0.593. The number of carboxylic acids is 2. The molecule has 7 nitrogen and oxygen atoms in total. The summed E-state index contributed by atoms with van der Waals surface area (Å²) in [5.74, 6) is -1.33. The molecule has 1 heterocycles. The maximum Gasteiger partial charge on any atom is 0.331 e. The lowest BCUT2D eigenvalue weighted by Gasteiger charge is -2.24. The van der Waals surface area contributed by atoms with Crippen LogP contribution in [0.2, 0.25) is 19.6 Å². The number of ether oxygens (including phenoxy) is 1. The average molecular weight is 509 g/mol. The second-order valence-electron chi connectivity index (χ2n) is 8.71. The van der Waals surface area contributed by atoms with E-state index >= 15 is 0 Å². The van der Waals surface area contributed by atoms with E-state index in [1.54, 1.807) is 0 Å². The van der Waals surface area contributed by atoms with Gasteiger partial charge in [0.05, 0.1) is 31.0 Å². The number of benzene rings is 1. The number of hydrogen-bond donors (Lipinski definition) is 2. The van der Waals surface area contributed by atoms with Gasteiger partial charge in [0.25, 0.3) is 0 Å². The van der Waals surface area contributed by atoms with Crippen molar-refractivity contribution < 1.29 is 24.5 Å². The van der Waals surface area contributed by atoms with Gasteiger partial charge in [0.15, 0.2) is 0 Å². The fourth-order valence-electron chi connectivity index (χ4n) is 3.42. The Kier molecular flexibility index (Phi) is 7.54. The summed E-state index contributed by atoms with van der Waals surface area (Å²) in [5.41, 5.74) is 0.124. The Balaban J connectivity index is 0.000000225. The van der Waals surface area contributed by atoms with Crippen LogP contribution in [0.25, 0.3) is 10.9 Å². The Morgan fingerprint density at radius 3 is 2.45 bits per heavy atom. The van der Waals surface area contributed by atoms with Crippen LogP contribution in [-0.4, -0.2) is 46.6 Å². The molecule has 0 radical (unpaired) electrons. The van der Waals surface area contributed by atoms with Crippen LogP contribution < -0.4 is 9.92 Å². The second-order valence-corrected chi connectivity index (χ2v) is 14.7. The van der Waals surface area contributed by atoms with Crippen LogP contribution in [0.1, 0.15) is 20.3 Å². The van der Waals surface area contributed by atoms with Crippen LogP contribution in [0.4, 0.5) is 0 Å². The van der Waals surface area contributed by atoms with Gasteiger partial charge < -0.3 is 14.9 Å². The molecule has 2 N–H and O–H groups in total. The summed E-state index contributed by atoms with van der Waals surface area (Å²) < 4.78 is 8.06. The van der Waals surface area contributed by atoms with Crippen LogP contribution in [0.15, 0.2) is 40.4 Å². The molecule has 168 valence electrons. The zero-order valence-corrected chi connectivity index (χ0v) is 21.3. The van der Waals surface area contributed by atoms with Crippen molar-refractivity contribution in [1.82, 2.24) is 9.78 Å². The van der Waals surface area contributed by atoms with E-state index < -0.39 is 25.4 Å². The van der Waals surface area contributed by atoms with E-state index in [0.717, 1.165) is 11.4 Å². The number of allylic oxidation sites excluding steroid dienone is 2. The molecule has 0 saturated heterocycles. The number of aryl methyl sites for hydroxylation is 1. The first-order valence-electron chi connectivity index (χ1n) is 9.94. The lowest BCUT2D eigenvalue weighted by Crippen LogP contribution is -2.38. The third-order valence-corrected chi connectivity index (χ3v) is 7.51. The molecule has 1 aliphatic rings. The van der Waals surface area contributed by atoms with E-state index in [1.165, 1.54) is 29.6 Å². The van der Waals surface area contributed by atoms with Crippen molar-refractivity contribution in [1.29, 1.82) is 0 Å². The highest BCUT2D eigenvalue weighted by molar-refractivity contribution is 9.11. The molecule has 0 fully saturated rings. The van der Waals surface area contributed by atoms with Gasteiger partial charge in [-0.2, -0.15) is 0 Å². The van der Waals surface area contributed by atoms with Gasteiger partial charge in [0, 0.05) is 17.1 Å². The van der Waals surface area contributed by atoms with E-state index in [9.17, 15) is 9.59 Å². The SMILES string of the molecule is CC1(C(=O)O)C=C(Br)C=C(C(=O)O)C1.CCOc1nn(C)c2cccc([Si](C)(C)C)c12. The lowest BCUT2D eigenvalue weighted by atomic mass is 9.80. The molecule has 1 aromatic carbocycles. The summed E-state index contributed by atoms with van der Waals surface area (Å²) in [6.45, 7) is 11.2. The van der Waals surface area contributed by atoms with Crippen molar-refractivity contribution in [2.75, 3.05) is 6.61 Å².